The average molecular weight is 314 g/mol. The van der Waals surface area contributed by atoms with Gasteiger partial charge in [0.2, 0.25) is 0 Å². The van der Waals surface area contributed by atoms with Crippen LogP contribution in [-0.2, 0) is 28.5 Å². The van der Waals surface area contributed by atoms with Gasteiger partial charge in [0.15, 0.2) is 6.29 Å². The minimum absolute atomic E-state index is 0.177. The first-order valence-corrected chi connectivity index (χ1v) is 8.65. The molecule has 0 amide bonds. The zero-order chi connectivity index (χ0) is 14.9. The van der Waals surface area contributed by atoms with Gasteiger partial charge in [-0.1, -0.05) is 30.3 Å². The SMILES string of the molecule is CS(=O)(=O)O[C@H]1CO[C@@H]2COC(c3ccccc3)O[C@H]2C1. The monoisotopic (exact) mass is 314 g/mol. The van der Waals surface area contributed by atoms with Gasteiger partial charge >= 0.3 is 0 Å². The van der Waals surface area contributed by atoms with Crippen LogP contribution in [0.2, 0.25) is 0 Å². The number of fused-ring (bicyclic) bond motifs is 1. The molecule has 2 aliphatic heterocycles. The lowest BCUT2D eigenvalue weighted by Gasteiger charge is -2.41. The number of rotatable bonds is 3. The summed E-state index contributed by atoms with van der Waals surface area (Å²) >= 11 is 0. The standard InChI is InChI=1S/C14H18O6S/c1-21(15,16)20-11-7-12-13(17-8-11)9-18-14(19-12)10-5-3-2-4-6-10/h2-6,11-14H,7-9H2,1H3/t11-,12+,13-,14?/m1/s1. The van der Waals surface area contributed by atoms with Crippen LogP contribution in [-0.4, -0.2) is 46.2 Å². The van der Waals surface area contributed by atoms with Gasteiger partial charge in [0.05, 0.1) is 25.6 Å². The first-order valence-electron chi connectivity index (χ1n) is 6.83. The van der Waals surface area contributed by atoms with Crippen LogP contribution < -0.4 is 0 Å². The third kappa shape index (κ3) is 3.81. The molecule has 2 heterocycles. The molecule has 0 aromatic heterocycles. The second kappa shape index (κ2) is 6.02. The smallest absolute Gasteiger partial charge is 0.264 e. The topological polar surface area (TPSA) is 71.1 Å². The molecule has 0 radical (unpaired) electrons. The molecule has 0 bridgehead atoms. The molecule has 21 heavy (non-hydrogen) atoms. The summed E-state index contributed by atoms with van der Waals surface area (Å²) in [5, 5.41) is 0. The van der Waals surface area contributed by atoms with Crippen LogP contribution in [0.25, 0.3) is 0 Å². The van der Waals surface area contributed by atoms with E-state index in [0.29, 0.717) is 13.0 Å². The normalized spacial score (nSPS) is 33.4. The van der Waals surface area contributed by atoms with Crippen molar-refractivity contribution in [3.8, 4) is 0 Å². The minimum Gasteiger partial charge on any atom is -0.370 e. The number of hydrogen-bond donors (Lipinski definition) is 0. The zero-order valence-electron chi connectivity index (χ0n) is 11.7. The molecule has 6 nitrogen and oxygen atoms in total. The van der Waals surface area contributed by atoms with Crippen molar-refractivity contribution in [3.05, 3.63) is 35.9 Å². The van der Waals surface area contributed by atoms with Gasteiger partial charge < -0.3 is 14.2 Å². The van der Waals surface area contributed by atoms with Gasteiger partial charge in [0.1, 0.15) is 12.2 Å². The second-order valence-electron chi connectivity index (χ2n) is 5.28. The molecule has 1 aromatic carbocycles. The molecule has 1 unspecified atom stereocenters. The fourth-order valence-electron chi connectivity index (χ4n) is 2.60. The fourth-order valence-corrected chi connectivity index (χ4v) is 3.22. The summed E-state index contributed by atoms with van der Waals surface area (Å²) in [6.07, 6.45) is 0.152. The highest BCUT2D eigenvalue weighted by Gasteiger charge is 2.39. The van der Waals surface area contributed by atoms with Crippen LogP contribution in [0.5, 0.6) is 0 Å². The highest BCUT2D eigenvalue weighted by molar-refractivity contribution is 7.86. The Morgan fingerprint density at radius 3 is 2.57 bits per heavy atom. The molecule has 0 saturated carbocycles. The van der Waals surface area contributed by atoms with E-state index in [0.717, 1.165) is 11.8 Å². The molecule has 0 spiro atoms. The van der Waals surface area contributed by atoms with E-state index < -0.39 is 22.5 Å². The lowest BCUT2D eigenvalue weighted by Crippen LogP contribution is -2.50. The van der Waals surface area contributed by atoms with Gasteiger partial charge in [-0.3, -0.25) is 4.18 Å². The van der Waals surface area contributed by atoms with E-state index in [1.807, 2.05) is 30.3 Å². The lowest BCUT2D eigenvalue weighted by atomic mass is 10.0. The second-order valence-corrected chi connectivity index (χ2v) is 6.88. The van der Waals surface area contributed by atoms with Crippen LogP contribution in [0.3, 0.4) is 0 Å². The van der Waals surface area contributed by atoms with Crippen molar-refractivity contribution in [1.29, 1.82) is 0 Å². The van der Waals surface area contributed by atoms with Gasteiger partial charge in [-0.05, 0) is 0 Å². The predicted octanol–water partition coefficient (Wildman–Crippen LogP) is 1.23. The summed E-state index contributed by atoms with van der Waals surface area (Å²) in [5.41, 5.74) is 0.933. The minimum atomic E-state index is -3.49. The first-order chi connectivity index (χ1) is 10.0. The molecule has 2 fully saturated rings. The Kier molecular flexibility index (Phi) is 4.28. The van der Waals surface area contributed by atoms with E-state index in [-0.39, 0.29) is 18.8 Å². The van der Waals surface area contributed by atoms with E-state index in [1.54, 1.807) is 0 Å². The third-order valence-electron chi connectivity index (χ3n) is 3.50. The number of hydrogen-bond acceptors (Lipinski definition) is 6. The number of ether oxygens (including phenoxy) is 3. The fraction of sp³-hybridized carbons (Fsp3) is 0.571. The molecule has 116 valence electrons. The highest BCUT2D eigenvalue weighted by Crippen LogP contribution is 2.32. The summed E-state index contributed by atoms with van der Waals surface area (Å²) in [6, 6.07) is 9.62. The molecular formula is C14H18O6S. The molecule has 2 aliphatic rings. The quantitative estimate of drug-likeness (QED) is 0.782. The van der Waals surface area contributed by atoms with Crippen molar-refractivity contribution < 1.29 is 26.8 Å². The Morgan fingerprint density at radius 2 is 1.86 bits per heavy atom. The summed E-state index contributed by atoms with van der Waals surface area (Å²) in [5.74, 6) is 0. The summed E-state index contributed by atoms with van der Waals surface area (Å²) < 4.78 is 44.5. The molecular weight excluding hydrogens is 296 g/mol. The molecule has 7 heteroatoms. The zero-order valence-corrected chi connectivity index (χ0v) is 12.5. The Labute approximate surface area is 124 Å². The van der Waals surface area contributed by atoms with Crippen molar-refractivity contribution in [3.63, 3.8) is 0 Å². The Balaban J connectivity index is 1.65. The lowest BCUT2D eigenvalue weighted by molar-refractivity contribution is -0.286. The van der Waals surface area contributed by atoms with Gasteiger partial charge in [-0.15, -0.1) is 0 Å². The van der Waals surface area contributed by atoms with Crippen LogP contribution in [0.4, 0.5) is 0 Å². The first kappa shape index (κ1) is 14.9. The maximum Gasteiger partial charge on any atom is 0.264 e. The van der Waals surface area contributed by atoms with E-state index in [2.05, 4.69) is 0 Å². The number of benzene rings is 1. The van der Waals surface area contributed by atoms with Gasteiger partial charge in [-0.25, -0.2) is 0 Å². The van der Waals surface area contributed by atoms with Gasteiger partial charge in [0.25, 0.3) is 10.1 Å². The van der Waals surface area contributed by atoms with Crippen molar-refractivity contribution in [2.75, 3.05) is 19.5 Å². The van der Waals surface area contributed by atoms with Crippen molar-refractivity contribution in [2.24, 2.45) is 0 Å². The van der Waals surface area contributed by atoms with E-state index in [9.17, 15) is 8.42 Å². The third-order valence-corrected chi connectivity index (χ3v) is 4.12. The van der Waals surface area contributed by atoms with E-state index in [1.165, 1.54) is 0 Å². The Hall–Kier alpha value is -0.990. The van der Waals surface area contributed by atoms with Crippen molar-refractivity contribution >= 4 is 10.1 Å². The van der Waals surface area contributed by atoms with E-state index in [4.69, 9.17) is 18.4 Å². The van der Waals surface area contributed by atoms with Crippen molar-refractivity contribution in [1.82, 2.24) is 0 Å². The van der Waals surface area contributed by atoms with Crippen molar-refractivity contribution in [2.45, 2.75) is 31.0 Å². The molecule has 0 aliphatic carbocycles. The Morgan fingerprint density at radius 1 is 1.10 bits per heavy atom. The summed E-state index contributed by atoms with van der Waals surface area (Å²) in [4.78, 5) is 0. The molecule has 1 aromatic rings. The van der Waals surface area contributed by atoms with Crippen LogP contribution in [0, 0.1) is 0 Å². The maximum atomic E-state index is 11.2. The van der Waals surface area contributed by atoms with Crippen LogP contribution >= 0.6 is 0 Å². The average Bonchev–Trinajstić information content (AvgIpc) is 2.46. The summed E-state index contributed by atoms with van der Waals surface area (Å²) in [7, 11) is -3.49. The molecule has 3 rings (SSSR count). The molecule has 4 atom stereocenters. The van der Waals surface area contributed by atoms with E-state index >= 15 is 0 Å². The largest absolute Gasteiger partial charge is 0.370 e. The highest BCUT2D eigenvalue weighted by atomic mass is 32.2. The van der Waals surface area contributed by atoms with Gasteiger partial charge in [0, 0.05) is 12.0 Å². The Bertz CT molecular complexity index is 572. The maximum absolute atomic E-state index is 11.2. The van der Waals surface area contributed by atoms with Crippen LogP contribution in [0.1, 0.15) is 18.3 Å². The molecule has 2 saturated heterocycles. The van der Waals surface area contributed by atoms with Crippen LogP contribution in [0.15, 0.2) is 30.3 Å². The molecule has 0 N–H and O–H groups in total. The van der Waals surface area contributed by atoms with Gasteiger partial charge in [-0.2, -0.15) is 8.42 Å². The predicted molar refractivity (Wildman–Crippen MR) is 74.1 cm³/mol. The summed E-state index contributed by atoms with van der Waals surface area (Å²) in [6.45, 7) is 0.660.